The lowest BCUT2D eigenvalue weighted by Gasteiger charge is -2.14. The Morgan fingerprint density at radius 2 is 0.600 bits per heavy atom. The summed E-state index contributed by atoms with van der Waals surface area (Å²) in [4.78, 5) is 0. The molecular weight excluding hydrogens is 638 g/mol. The number of rotatable bonds is 15. The molecule has 0 saturated carbocycles. The van der Waals surface area contributed by atoms with E-state index in [1.54, 1.807) is 0 Å². The van der Waals surface area contributed by atoms with Gasteiger partial charge in [-0.1, -0.05) is 36.4 Å². The van der Waals surface area contributed by atoms with Crippen molar-refractivity contribution in [3.8, 4) is 33.4 Å². The molecule has 0 spiro atoms. The third-order valence-electron chi connectivity index (χ3n) is 7.82. The Labute approximate surface area is 290 Å². The van der Waals surface area contributed by atoms with Crippen molar-refractivity contribution in [2.45, 2.75) is 25.7 Å². The van der Waals surface area contributed by atoms with Gasteiger partial charge in [-0.15, -0.1) is 0 Å². The van der Waals surface area contributed by atoms with Crippen LogP contribution in [0.2, 0.25) is 0 Å². The van der Waals surface area contributed by atoms with Crippen LogP contribution >= 0.6 is 0 Å². The van der Waals surface area contributed by atoms with E-state index >= 15 is 8.78 Å². The maximum Gasteiger partial charge on any atom is 0.185 e. The monoisotopic (exact) mass is 682 g/mol. The molecule has 4 aromatic carbocycles. The SMILES string of the molecule is N=C(N)NCCc1cc(CCNC(=N)N)cc(-c2cc(F)cc(-c3cc(F)cc(-c4cc(CCNC(=N)N)cc(CCNC(=N)N)c4)c3)c2)c1. The van der Waals surface area contributed by atoms with Crippen molar-refractivity contribution in [2.24, 2.45) is 22.9 Å². The van der Waals surface area contributed by atoms with E-state index in [1.807, 2.05) is 48.5 Å². The first-order valence-electron chi connectivity index (χ1n) is 16.0. The molecule has 0 atom stereocenters. The van der Waals surface area contributed by atoms with Gasteiger partial charge in [-0.25, -0.2) is 8.78 Å². The summed E-state index contributed by atoms with van der Waals surface area (Å²) in [5.74, 6) is -1.48. The van der Waals surface area contributed by atoms with Crippen LogP contribution in [-0.2, 0) is 25.7 Å². The first kappa shape index (κ1) is 36.7. The Balaban J connectivity index is 1.72. The van der Waals surface area contributed by atoms with Gasteiger partial charge in [-0.2, -0.15) is 0 Å². The first-order valence-corrected chi connectivity index (χ1v) is 16.0. The van der Waals surface area contributed by atoms with Crippen molar-refractivity contribution in [3.05, 3.63) is 107 Å². The molecule has 0 amide bonds. The maximum absolute atomic E-state index is 15.3. The Kier molecular flexibility index (Phi) is 12.7. The molecule has 0 fully saturated rings. The molecule has 0 aromatic heterocycles. The second kappa shape index (κ2) is 17.3. The van der Waals surface area contributed by atoms with Gasteiger partial charge in [0.2, 0.25) is 0 Å². The Morgan fingerprint density at radius 3 is 0.820 bits per heavy atom. The van der Waals surface area contributed by atoms with Crippen molar-refractivity contribution in [1.29, 1.82) is 21.6 Å². The van der Waals surface area contributed by atoms with Gasteiger partial charge in [0.15, 0.2) is 23.8 Å². The van der Waals surface area contributed by atoms with Gasteiger partial charge in [0, 0.05) is 26.2 Å². The summed E-state index contributed by atoms with van der Waals surface area (Å²) in [6.07, 6.45) is 2.25. The fraction of sp³-hybridized carbons (Fsp3) is 0.222. The number of nitrogens with one attached hydrogen (secondary N) is 8. The average molecular weight is 683 g/mol. The number of guanidine groups is 4. The molecule has 262 valence electrons. The molecule has 50 heavy (non-hydrogen) atoms. The summed E-state index contributed by atoms with van der Waals surface area (Å²) in [6, 6.07) is 21.1. The van der Waals surface area contributed by atoms with Crippen molar-refractivity contribution in [2.75, 3.05) is 26.2 Å². The molecule has 0 heterocycles. The predicted molar refractivity (Wildman–Crippen MR) is 197 cm³/mol. The van der Waals surface area contributed by atoms with Crippen molar-refractivity contribution in [1.82, 2.24) is 21.3 Å². The minimum atomic E-state index is -0.480. The quantitative estimate of drug-likeness (QED) is 0.0654. The molecule has 0 aliphatic heterocycles. The number of hydrogen-bond acceptors (Lipinski definition) is 4. The van der Waals surface area contributed by atoms with E-state index in [4.69, 9.17) is 44.6 Å². The zero-order valence-corrected chi connectivity index (χ0v) is 27.7. The van der Waals surface area contributed by atoms with Gasteiger partial charge in [0.05, 0.1) is 0 Å². The van der Waals surface area contributed by atoms with Crippen LogP contribution in [0.25, 0.3) is 33.4 Å². The highest BCUT2D eigenvalue weighted by molar-refractivity contribution is 5.79. The number of benzene rings is 4. The Morgan fingerprint density at radius 1 is 0.380 bits per heavy atom. The van der Waals surface area contributed by atoms with E-state index in [0.29, 0.717) is 74.1 Å². The standard InChI is InChI=1S/C36H44F2N12/c37-31-17-27(25-11-21(1-5-47-33(39)40)9-22(12-25)2-6-48-34(41)42)15-29(19-31)30-16-28(18-32(38)20-30)26-13-23(3-7-49-35(43)44)10-24(14-26)4-8-50-36(45)46/h9-20H,1-8H2,(H4,39,40,47)(H4,41,42,48)(H4,43,44,49)(H4,45,46,50). The van der Waals surface area contributed by atoms with E-state index in [0.717, 1.165) is 33.4 Å². The van der Waals surface area contributed by atoms with Crippen molar-refractivity contribution >= 4 is 23.8 Å². The van der Waals surface area contributed by atoms with Crippen LogP contribution < -0.4 is 44.2 Å². The van der Waals surface area contributed by atoms with Crippen LogP contribution in [0.15, 0.2) is 72.8 Å². The lowest BCUT2D eigenvalue weighted by Crippen LogP contribution is -2.32. The molecular formula is C36H44F2N12. The topological polar surface area (TPSA) is 248 Å². The molecule has 0 aliphatic rings. The lowest BCUT2D eigenvalue weighted by molar-refractivity contribution is 0.626. The van der Waals surface area contributed by atoms with E-state index in [2.05, 4.69) is 21.3 Å². The summed E-state index contributed by atoms with van der Waals surface area (Å²) in [5, 5.41) is 41.1. The van der Waals surface area contributed by atoms with E-state index in [9.17, 15) is 0 Å². The van der Waals surface area contributed by atoms with Gasteiger partial charge in [0.25, 0.3) is 0 Å². The van der Waals surface area contributed by atoms with Crippen LogP contribution in [-0.4, -0.2) is 50.0 Å². The second-order valence-corrected chi connectivity index (χ2v) is 11.9. The minimum Gasteiger partial charge on any atom is -0.370 e. The average Bonchev–Trinajstić information content (AvgIpc) is 3.03. The number of halogens is 2. The van der Waals surface area contributed by atoms with Gasteiger partial charge in [0.1, 0.15) is 11.6 Å². The third-order valence-corrected chi connectivity index (χ3v) is 7.82. The van der Waals surface area contributed by atoms with E-state index in [1.165, 1.54) is 24.3 Å². The minimum absolute atomic E-state index is 0.130. The summed E-state index contributed by atoms with van der Waals surface area (Å²) in [6.45, 7) is 1.75. The van der Waals surface area contributed by atoms with Crippen molar-refractivity contribution in [3.63, 3.8) is 0 Å². The number of nitrogens with two attached hydrogens (primary N) is 4. The zero-order valence-electron chi connectivity index (χ0n) is 27.7. The highest BCUT2D eigenvalue weighted by Crippen LogP contribution is 2.33. The number of hydrogen-bond donors (Lipinski definition) is 12. The molecule has 0 aliphatic carbocycles. The summed E-state index contributed by atoms with van der Waals surface area (Å²) in [7, 11) is 0. The molecule has 4 aromatic rings. The van der Waals surface area contributed by atoms with Crippen LogP contribution in [0.4, 0.5) is 8.78 Å². The maximum atomic E-state index is 15.3. The van der Waals surface area contributed by atoms with Crippen molar-refractivity contribution < 1.29 is 8.78 Å². The van der Waals surface area contributed by atoms with Crippen LogP contribution in [0, 0.1) is 33.3 Å². The highest BCUT2D eigenvalue weighted by Gasteiger charge is 2.13. The lowest BCUT2D eigenvalue weighted by atomic mass is 9.92. The normalized spacial score (nSPS) is 10.7. The molecule has 16 N–H and O–H groups in total. The molecule has 0 radical (unpaired) electrons. The molecule has 14 heteroatoms. The molecule has 0 bridgehead atoms. The Bertz CT molecular complexity index is 1660. The first-order chi connectivity index (χ1) is 23.8. The summed E-state index contributed by atoms with van der Waals surface area (Å²) in [5.41, 5.74) is 29.3. The molecule has 0 unspecified atom stereocenters. The molecule has 0 saturated heterocycles. The van der Waals surface area contributed by atoms with Gasteiger partial charge >= 0.3 is 0 Å². The van der Waals surface area contributed by atoms with Gasteiger partial charge < -0.3 is 44.2 Å². The summed E-state index contributed by atoms with van der Waals surface area (Å²) < 4.78 is 30.6. The van der Waals surface area contributed by atoms with Crippen LogP contribution in [0.5, 0.6) is 0 Å². The third kappa shape index (κ3) is 11.5. The second-order valence-electron chi connectivity index (χ2n) is 11.9. The van der Waals surface area contributed by atoms with Crippen LogP contribution in [0.1, 0.15) is 22.3 Å². The van der Waals surface area contributed by atoms with Gasteiger partial charge in [-0.3, -0.25) is 21.6 Å². The fourth-order valence-electron chi connectivity index (χ4n) is 5.65. The van der Waals surface area contributed by atoms with E-state index < -0.39 is 11.6 Å². The van der Waals surface area contributed by atoms with Gasteiger partial charge in [-0.05, 0) is 118 Å². The molecule has 12 nitrogen and oxygen atoms in total. The van der Waals surface area contributed by atoms with Crippen LogP contribution in [0.3, 0.4) is 0 Å². The largest absolute Gasteiger partial charge is 0.370 e. The summed E-state index contributed by atoms with van der Waals surface area (Å²) >= 11 is 0. The predicted octanol–water partition coefficient (Wildman–Crippen LogP) is 3.07. The highest BCUT2D eigenvalue weighted by atomic mass is 19.1. The fourth-order valence-corrected chi connectivity index (χ4v) is 5.65. The zero-order chi connectivity index (χ0) is 36.2. The molecule has 4 rings (SSSR count). The Hall–Kier alpha value is -6.18. The van der Waals surface area contributed by atoms with E-state index in [-0.39, 0.29) is 23.8 Å². The smallest absolute Gasteiger partial charge is 0.185 e.